The van der Waals surface area contributed by atoms with Crippen molar-refractivity contribution < 1.29 is 0 Å². The van der Waals surface area contributed by atoms with Gasteiger partial charge in [-0.1, -0.05) is 29.8 Å². The minimum absolute atomic E-state index is 0.439. The Hall–Kier alpha value is -1.12. The van der Waals surface area contributed by atoms with E-state index in [1.807, 2.05) is 11.3 Å². The van der Waals surface area contributed by atoms with Crippen LogP contribution in [0.5, 0.6) is 0 Å². The number of hydrogen-bond donors (Lipinski definition) is 1. The maximum absolute atomic E-state index is 3.54. The normalized spacial score (nSPS) is 20.0. The van der Waals surface area contributed by atoms with Crippen LogP contribution in [-0.2, 0) is 6.42 Å². The molecule has 0 saturated carbocycles. The van der Waals surface area contributed by atoms with Crippen LogP contribution < -0.4 is 5.32 Å². The monoisotopic (exact) mass is 271 g/mol. The molecule has 0 spiro atoms. The van der Waals surface area contributed by atoms with Crippen molar-refractivity contribution in [2.45, 2.75) is 38.1 Å². The second-order valence-corrected chi connectivity index (χ2v) is 6.48. The van der Waals surface area contributed by atoms with Gasteiger partial charge in [0, 0.05) is 16.8 Å². The lowest BCUT2D eigenvalue weighted by Crippen LogP contribution is -2.26. The standard InChI is InChI=1S/C17H21NS/c1-12-6-8-13(9-7-12)17(18-2)15-4-3-5-16-14(15)10-11-19-16/h6-11,15,17-18H,3-5H2,1-2H3. The quantitative estimate of drug-likeness (QED) is 0.870. The zero-order valence-electron chi connectivity index (χ0n) is 11.6. The minimum Gasteiger partial charge on any atom is -0.312 e. The van der Waals surface area contributed by atoms with Crippen molar-refractivity contribution >= 4 is 11.3 Å². The van der Waals surface area contributed by atoms with Crippen LogP contribution in [0.2, 0.25) is 0 Å². The fourth-order valence-corrected chi connectivity index (χ4v) is 4.24. The van der Waals surface area contributed by atoms with Gasteiger partial charge >= 0.3 is 0 Å². The zero-order chi connectivity index (χ0) is 13.2. The molecular weight excluding hydrogens is 250 g/mol. The van der Waals surface area contributed by atoms with Gasteiger partial charge in [0.1, 0.15) is 0 Å². The summed E-state index contributed by atoms with van der Waals surface area (Å²) in [5.41, 5.74) is 4.33. The van der Waals surface area contributed by atoms with E-state index in [-0.39, 0.29) is 0 Å². The highest BCUT2D eigenvalue weighted by molar-refractivity contribution is 7.10. The van der Waals surface area contributed by atoms with Gasteiger partial charge < -0.3 is 5.32 Å². The molecule has 2 aromatic rings. The maximum atomic E-state index is 3.54. The molecule has 0 amide bonds. The van der Waals surface area contributed by atoms with E-state index in [1.165, 1.54) is 30.4 Å². The molecule has 2 heteroatoms. The van der Waals surface area contributed by atoms with Gasteiger partial charge in [-0.2, -0.15) is 0 Å². The third-order valence-electron chi connectivity index (χ3n) is 4.25. The van der Waals surface area contributed by atoms with Crippen molar-refractivity contribution in [3.05, 3.63) is 57.3 Å². The van der Waals surface area contributed by atoms with Crippen LogP contribution in [0, 0.1) is 6.92 Å². The topological polar surface area (TPSA) is 12.0 Å². The van der Waals surface area contributed by atoms with Gasteiger partial charge in [-0.25, -0.2) is 0 Å². The third-order valence-corrected chi connectivity index (χ3v) is 5.24. The number of rotatable bonds is 3. The largest absolute Gasteiger partial charge is 0.312 e. The average Bonchev–Trinajstić information content (AvgIpc) is 2.91. The van der Waals surface area contributed by atoms with Crippen molar-refractivity contribution in [3.8, 4) is 0 Å². The zero-order valence-corrected chi connectivity index (χ0v) is 12.5. The first-order chi connectivity index (χ1) is 9.29. The van der Waals surface area contributed by atoms with Crippen LogP contribution in [0.3, 0.4) is 0 Å². The van der Waals surface area contributed by atoms with Gasteiger partial charge in [-0.05, 0) is 55.8 Å². The summed E-state index contributed by atoms with van der Waals surface area (Å²) in [4.78, 5) is 1.60. The number of nitrogens with one attached hydrogen (secondary N) is 1. The Morgan fingerprint density at radius 3 is 2.74 bits per heavy atom. The Labute approximate surface area is 119 Å². The van der Waals surface area contributed by atoms with Gasteiger partial charge in [0.2, 0.25) is 0 Å². The highest BCUT2D eigenvalue weighted by atomic mass is 32.1. The van der Waals surface area contributed by atoms with Crippen molar-refractivity contribution in [1.82, 2.24) is 5.32 Å². The van der Waals surface area contributed by atoms with Gasteiger partial charge in [0.15, 0.2) is 0 Å². The molecule has 19 heavy (non-hydrogen) atoms. The summed E-state index contributed by atoms with van der Waals surface area (Å²) in [6.07, 6.45) is 3.89. The van der Waals surface area contributed by atoms with Gasteiger partial charge in [0.25, 0.3) is 0 Å². The first-order valence-electron chi connectivity index (χ1n) is 7.09. The maximum Gasteiger partial charge on any atom is 0.0387 e. The highest BCUT2D eigenvalue weighted by Crippen LogP contribution is 2.42. The molecule has 0 bridgehead atoms. The van der Waals surface area contributed by atoms with E-state index in [1.54, 1.807) is 10.4 Å². The van der Waals surface area contributed by atoms with E-state index in [0.29, 0.717) is 12.0 Å². The fraction of sp³-hybridized carbons (Fsp3) is 0.412. The van der Waals surface area contributed by atoms with Crippen LogP contribution in [0.4, 0.5) is 0 Å². The molecule has 0 radical (unpaired) electrons. The van der Waals surface area contributed by atoms with Crippen LogP contribution in [0.25, 0.3) is 0 Å². The number of fused-ring (bicyclic) bond motifs is 1. The minimum atomic E-state index is 0.439. The second kappa shape index (κ2) is 5.48. The molecule has 1 aromatic carbocycles. The summed E-state index contributed by atoms with van der Waals surface area (Å²) in [5, 5.41) is 5.80. The SMILES string of the molecule is CNC(c1ccc(C)cc1)C1CCCc2sccc21. The summed E-state index contributed by atoms with van der Waals surface area (Å²) < 4.78 is 0. The van der Waals surface area contributed by atoms with Gasteiger partial charge in [-0.3, -0.25) is 0 Å². The van der Waals surface area contributed by atoms with Gasteiger partial charge in [0.05, 0.1) is 0 Å². The van der Waals surface area contributed by atoms with E-state index in [4.69, 9.17) is 0 Å². The second-order valence-electron chi connectivity index (χ2n) is 5.47. The molecule has 2 unspecified atom stereocenters. The predicted octanol–water partition coefficient (Wildman–Crippen LogP) is 4.44. The summed E-state index contributed by atoms with van der Waals surface area (Å²) in [6, 6.07) is 11.8. The molecule has 0 aliphatic heterocycles. The molecule has 1 N–H and O–H groups in total. The van der Waals surface area contributed by atoms with Crippen LogP contribution in [0.15, 0.2) is 35.7 Å². The summed E-state index contributed by atoms with van der Waals surface area (Å²) in [5.74, 6) is 0.628. The molecule has 1 aliphatic carbocycles. The fourth-order valence-electron chi connectivity index (χ4n) is 3.24. The molecule has 2 atom stereocenters. The molecule has 1 nitrogen and oxygen atoms in total. The van der Waals surface area contributed by atoms with Crippen LogP contribution >= 0.6 is 11.3 Å². The lowest BCUT2D eigenvalue weighted by atomic mass is 9.80. The van der Waals surface area contributed by atoms with Crippen molar-refractivity contribution in [2.75, 3.05) is 7.05 Å². The number of aryl methyl sites for hydroxylation is 2. The van der Waals surface area contributed by atoms with Crippen molar-refractivity contribution in [3.63, 3.8) is 0 Å². The Kier molecular flexibility index (Phi) is 3.72. The molecule has 1 heterocycles. The number of thiophene rings is 1. The smallest absolute Gasteiger partial charge is 0.0387 e. The Morgan fingerprint density at radius 2 is 2.00 bits per heavy atom. The number of likely N-dealkylation sites (N-methyl/N-ethyl adjacent to an activating group) is 1. The van der Waals surface area contributed by atoms with Crippen LogP contribution in [-0.4, -0.2) is 7.05 Å². The van der Waals surface area contributed by atoms with E-state index >= 15 is 0 Å². The molecular formula is C17H21NS. The summed E-state index contributed by atoms with van der Waals surface area (Å²) in [6.45, 7) is 2.15. The molecule has 0 fully saturated rings. The van der Waals surface area contributed by atoms with Crippen LogP contribution in [0.1, 0.15) is 46.4 Å². The van der Waals surface area contributed by atoms with E-state index in [9.17, 15) is 0 Å². The van der Waals surface area contributed by atoms with Gasteiger partial charge in [-0.15, -0.1) is 11.3 Å². The van der Waals surface area contributed by atoms with Crippen molar-refractivity contribution in [1.29, 1.82) is 0 Å². The average molecular weight is 271 g/mol. The lowest BCUT2D eigenvalue weighted by Gasteiger charge is -2.31. The number of benzene rings is 1. The molecule has 1 aromatic heterocycles. The Bertz CT molecular complexity index is 541. The van der Waals surface area contributed by atoms with E-state index < -0.39 is 0 Å². The molecule has 100 valence electrons. The lowest BCUT2D eigenvalue weighted by molar-refractivity contribution is 0.428. The first kappa shape index (κ1) is 12.9. The Balaban J connectivity index is 1.94. The van der Waals surface area contributed by atoms with E-state index in [2.05, 4.69) is 55.0 Å². The van der Waals surface area contributed by atoms with Crippen molar-refractivity contribution in [2.24, 2.45) is 0 Å². The summed E-state index contributed by atoms with van der Waals surface area (Å²) >= 11 is 1.93. The molecule has 3 rings (SSSR count). The summed E-state index contributed by atoms with van der Waals surface area (Å²) in [7, 11) is 2.09. The highest BCUT2D eigenvalue weighted by Gasteiger charge is 2.28. The molecule has 1 aliphatic rings. The molecule has 0 saturated heterocycles. The third kappa shape index (κ3) is 2.47. The number of hydrogen-bond acceptors (Lipinski definition) is 2. The van der Waals surface area contributed by atoms with E-state index in [0.717, 1.165) is 0 Å². The Morgan fingerprint density at radius 1 is 1.21 bits per heavy atom. The first-order valence-corrected chi connectivity index (χ1v) is 7.97. The predicted molar refractivity (Wildman–Crippen MR) is 83.0 cm³/mol.